The van der Waals surface area contributed by atoms with Gasteiger partial charge in [0.1, 0.15) is 17.3 Å². The number of pyridine rings is 1. The Morgan fingerprint density at radius 2 is 1.83 bits per heavy atom. The Morgan fingerprint density at radius 1 is 1.02 bits per heavy atom. The van der Waals surface area contributed by atoms with Gasteiger partial charge in [-0.05, 0) is 63.6 Å². The second-order valence-corrected chi connectivity index (χ2v) is 10.00. The Kier molecular flexibility index (Phi) is 10.1. The van der Waals surface area contributed by atoms with Crippen molar-refractivity contribution in [3.05, 3.63) is 76.4 Å². The molecule has 0 fully saturated rings. The van der Waals surface area contributed by atoms with E-state index in [2.05, 4.69) is 20.5 Å². The third kappa shape index (κ3) is 7.52. The molecular formula is C31H37FN4O5. The highest BCUT2D eigenvalue weighted by molar-refractivity contribution is 5.94. The van der Waals surface area contributed by atoms with Gasteiger partial charge >= 0.3 is 0 Å². The molecule has 5 rings (SSSR count). The molecule has 1 aromatic heterocycles. The van der Waals surface area contributed by atoms with Crippen LogP contribution in [0.3, 0.4) is 0 Å². The fraction of sp³-hybridized carbons (Fsp3) is 0.387. The van der Waals surface area contributed by atoms with E-state index in [-0.39, 0.29) is 36.1 Å². The van der Waals surface area contributed by atoms with E-state index in [1.807, 2.05) is 13.8 Å². The summed E-state index contributed by atoms with van der Waals surface area (Å²) in [7, 11) is 3.12. The quantitative estimate of drug-likeness (QED) is 0.475. The fourth-order valence-electron chi connectivity index (χ4n) is 4.88. The zero-order valence-electron chi connectivity index (χ0n) is 24.0. The predicted molar refractivity (Wildman–Crippen MR) is 153 cm³/mol. The van der Waals surface area contributed by atoms with E-state index in [0.717, 1.165) is 22.6 Å². The van der Waals surface area contributed by atoms with Crippen molar-refractivity contribution >= 4 is 11.8 Å². The summed E-state index contributed by atoms with van der Waals surface area (Å²) in [5, 5.41) is 5.79. The highest BCUT2D eigenvalue weighted by atomic mass is 19.1. The summed E-state index contributed by atoms with van der Waals surface area (Å²) in [4.78, 5) is 32.5. The molecule has 2 aromatic carbocycles. The van der Waals surface area contributed by atoms with Crippen LogP contribution in [0.1, 0.15) is 52.0 Å². The zero-order valence-corrected chi connectivity index (χ0v) is 24.0. The van der Waals surface area contributed by atoms with Crippen LogP contribution >= 0.6 is 0 Å². The SMILES string of the molecule is COc1cc2ccc1Oc1cccc(F)c1CNC(=O)CCCN(Cc1ncc(C)c(OC)c1C)CCCNC2=O. The van der Waals surface area contributed by atoms with Crippen molar-refractivity contribution in [2.75, 3.05) is 33.9 Å². The summed E-state index contributed by atoms with van der Waals surface area (Å²) in [5.74, 6) is 0.813. The molecule has 0 radical (unpaired) electrons. The topological polar surface area (TPSA) is 102 Å². The first-order chi connectivity index (χ1) is 19.8. The summed E-state index contributed by atoms with van der Waals surface area (Å²) < 4.78 is 31.8. The van der Waals surface area contributed by atoms with Crippen LogP contribution in [0.15, 0.2) is 42.6 Å². The molecule has 0 atom stereocenters. The van der Waals surface area contributed by atoms with Crippen LogP contribution in [0, 0.1) is 19.7 Å². The summed E-state index contributed by atoms with van der Waals surface area (Å²) in [5.41, 5.74) is 3.49. The average molecular weight is 565 g/mol. The summed E-state index contributed by atoms with van der Waals surface area (Å²) in [6.07, 6.45) is 3.38. The van der Waals surface area contributed by atoms with Crippen molar-refractivity contribution in [3.63, 3.8) is 0 Å². The Labute approximate surface area is 240 Å². The van der Waals surface area contributed by atoms with Crippen LogP contribution in [-0.4, -0.2) is 55.6 Å². The van der Waals surface area contributed by atoms with Crippen molar-refractivity contribution in [2.45, 2.75) is 46.2 Å². The molecule has 3 heterocycles. The number of benzene rings is 2. The number of aromatic nitrogens is 1. The van der Waals surface area contributed by atoms with Gasteiger partial charge in [0.2, 0.25) is 5.91 Å². The maximum atomic E-state index is 14.8. The van der Waals surface area contributed by atoms with Crippen molar-refractivity contribution in [1.82, 2.24) is 20.5 Å². The fourth-order valence-corrected chi connectivity index (χ4v) is 4.88. The van der Waals surface area contributed by atoms with Crippen LogP contribution in [0.2, 0.25) is 0 Å². The smallest absolute Gasteiger partial charge is 0.251 e. The Balaban J connectivity index is 1.57. The number of methoxy groups -OCH3 is 2. The molecule has 2 aliphatic heterocycles. The minimum atomic E-state index is -0.494. The normalized spacial score (nSPS) is 15.4. The number of fused-ring (bicyclic) bond motifs is 13. The summed E-state index contributed by atoms with van der Waals surface area (Å²) in [6.45, 7) is 6.30. The van der Waals surface area contributed by atoms with E-state index in [9.17, 15) is 14.0 Å². The number of halogens is 1. The van der Waals surface area contributed by atoms with Crippen LogP contribution in [0.5, 0.6) is 23.0 Å². The van der Waals surface area contributed by atoms with Gasteiger partial charge < -0.3 is 24.8 Å². The first-order valence-corrected chi connectivity index (χ1v) is 13.7. The number of rotatable bonds is 4. The lowest BCUT2D eigenvalue weighted by Gasteiger charge is -2.23. The lowest BCUT2D eigenvalue weighted by atomic mass is 10.1. The molecule has 0 aliphatic carbocycles. The maximum absolute atomic E-state index is 14.8. The van der Waals surface area contributed by atoms with Gasteiger partial charge in [0.25, 0.3) is 5.91 Å². The van der Waals surface area contributed by atoms with E-state index in [1.54, 1.807) is 37.6 Å². The van der Waals surface area contributed by atoms with E-state index < -0.39 is 5.82 Å². The second-order valence-electron chi connectivity index (χ2n) is 10.00. The standard InChI is InChI=1S/C31H37FN4O5/c1-20-17-34-25(21(2)30(20)40-4)19-36-14-6-10-29(37)35-18-23-24(32)8-5-9-26(23)41-27-12-11-22(16-28(27)39-3)31(38)33-13-7-15-36/h5,8-9,11-12,16-17H,6-7,10,13-15,18-19H2,1-4H3,(H,33,38)(H,35,37). The first-order valence-electron chi connectivity index (χ1n) is 13.7. The highest BCUT2D eigenvalue weighted by Crippen LogP contribution is 2.35. The Bertz CT molecular complexity index is 1400. The van der Waals surface area contributed by atoms with Gasteiger partial charge in [0, 0.05) is 61.1 Å². The molecule has 2 aliphatic rings. The van der Waals surface area contributed by atoms with Crippen LogP contribution in [-0.2, 0) is 17.9 Å². The van der Waals surface area contributed by atoms with E-state index in [0.29, 0.717) is 56.1 Å². The molecule has 0 saturated heterocycles. The highest BCUT2D eigenvalue weighted by Gasteiger charge is 2.18. The lowest BCUT2D eigenvalue weighted by Crippen LogP contribution is -2.31. The monoisotopic (exact) mass is 564 g/mol. The van der Waals surface area contributed by atoms with Gasteiger partial charge in [-0.1, -0.05) is 6.07 Å². The molecular weight excluding hydrogens is 527 g/mol. The Morgan fingerprint density at radius 3 is 2.61 bits per heavy atom. The summed E-state index contributed by atoms with van der Waals surface area (Å²) >= 11 is 0. The van der Waals surface area contributed by atoms with Crippen molar-refractivity contribution in [2.24, 2.45) is 0 Å². The first kappa shape index (κ1) is 29.8. The number of nitrogens with zero attached hydrogens (tertiary/aromatic N) is 2. The number of hydrogen-bond donors (Lipinski definition) is 2. The molecule has 2 bridgehead atoms. The Hall–Kier alpha value is -4.18. The van der Waals surface area contributed by atoms with Gasteiger partial charge in [0.15, 0.2) is 11.5 Å². The van der Waals surface area contributed by atoms with E-state index in [4.69, 9.17) is 14.2 Å². The van der Waals surface area contributed by atoms with Gasteiger partial charge in [-0.25, -0.2) is 4.39 Å². The second kappa shape index (κ2) is 13.9. The van der Waals surface area contributed by atoms with Gasteiger partial charge in [-0.3, -0.25) is 19.5 Å². The number of amides is 2. The average Bonchev–Trinajstić information content (AvgIpc) is 2.96. The van der Waals surface area contributed by atoms with Crippen molar-refractivity contribution in [3.8, 4) is 23.0 Å². The lowest BCUT2D eigenvalue weighted by molar-refractivity contribution is -0.121. The number of carbonyl (C=O) groups is 2. The number of ether oxygens (including phenoxy) is 3. The van der Waals surface area contributed by atoms with Crippen LogP contribution in [0.4, 0.5) is 4.39 Å². The van der Waals surface area contributed by atoms with Gasteiger partial charge in [-0.2, -0.15) is 0 Å². The number of nitrogens with one attached hydrogen (secondary N) is 2. The van der Waals surface area contributed by atoms with Crippen molar-refractivity contribution < 1.29 is 28.2 Å². The predicted octanol–water partition coefficient (Wildman–Crippen LogP) is 4.68. The molecule has 2 amide bonds. The van der Waals surface area contributed by atoms with Crippen LogP contribution in [0.25, 0.3) is 0 Å². The molecule has 0 saturated carbocycles. The molecule has 0 unspecified atom stereocenters. The molecule has 3 aromatic rings. The van der Waals surface area contributed by atoms with Gasteiger partial charge in [-0.15, -0.1) is 0 Å². The molecule has 10 heteroatoms. The number of carbonyl (C=O) groups excluding carboxylic acids is 2. The minimum absolute atomic E-state index is 0.0281. The van der Waals surface area contributed by atoms with Gasteiger partial charge in [0.05, 0.1) is 19.9 Å². The minimum Gasteiger partial charge on any atom is -0.496 e. The molecule has 9 nitrogen and oxygen atoms in total. The maximum Gasteiger partial charge on any atom is 0.251 e. The third-order valence-electron chi connectivity index (χ3n) is 7.12. The van der Waals surface area contributed by atoms with E-state index >= 15 is 0 Å². The van der Waals surface area contributed by atoms with Crippen LogP contribution < -0.4 is 24.8 Å². The van der Waals surface area contributed by atoms with Crippen molar-refractivity contribution in [1.29, 1.82) is 0 Å². The molecule has 41 heavy (non-hydrogen) atoms. The molecule has 2 N–H and O–H groups in total. The molecule has 0 spiro atoms. The zero-order chi connectivity index (χ0) is 29.4. The molecule has 218 valence electrons. The number of hydrogen-bond acceptors (Lipinski definition) is 7. The third-order valence-corrected chi connectivity index (χ3v) is 7.12. The summed E-state index contributed by atoms with van der Waals surface area (Å²) in [6, 6.07) is 9.32. The van der Waals surface area contributed by atoms with E-state index in [1.165, 1.54) is 19.2 Å². The number of aryl methyl sites for hydroxylation is 1. The largest absolute Gasteiger partial charge is 0.496 e.